The number of hydrogen-bond acceptors (Lipinski definition) is 4. The molecule has 1 amide bonds. The molecule has 1 aromatic rings. The number of amides is 1. The van der Waals surface area contributed by atoms with Gasteiger partial charge in [-0.2, -0.15) is 0 Å². The molecule has 6 nitrogen and oxygen atoms in total. The van der Waals surface area contributed by atoms with E-state index in [0.717, 1.165) is 19.5 Å². The summed E-state index contributed by atoms with van der Waals surface area (Å²) in [5.74, 6) is 0.0302. The van der Waals surface area contributed by atoms with Crippen molar-refractivity contribution in [1.29, 1.82) is 0 Å². The summed E-state index contributed by atoms with van der Waals surface area (Å²) < 4.78 is 26.8. The topological polar surface area (TPSA) is 87.3 Å². The van der Waals surface area contributed by atoms with Crippen molar-refractivity contribution in [3.8, 4) is 0 Å². The normalized spacial score (nSPS) is 15.2. The zero-order chi connectivity index (χ0) is 17.6. The summed E-state index contributed by atoms with van der Waals surface area (Å²) in [6.07, 6.45) is 3.01. The molecule has 1 aliphatic rings. The van der Waals surface area contributed by atoms with Crippen LogP contribution in [0.5, 0.6) is 0 Å². The van der Waals surface area contributed by atoms with Crippen molar-refractivity contribution in [2.45, 2.75) is 25.2 Å². The third-order valence-electron chi connectivity index (χ3n) is 3.74. The van der Waals surface area contributed by atoms with Crippen LogP contribution < -0.4 is 15.4 Å². The molecule has 1 heterocycles. The molecule has 0 saturated heterocycles. The molecule has 0 atom stereocenters. The minimum atomic E-state index is -3.52. The van der Waals surface area contributed by atoms with Crippen LogP contribution in [0.15, 0.2) is 40.8 Å². The van der Waals surface area contributed by atoms with Crippen LogP contribution in [0.2, 0.25) is 0 Å². The van der Waals surface area contributed by atoms with Gasteiger partial charge in [0.1, 0.15) is 0 Å². The van der Waals surface area contributed by atoms with E-state index in [9.17, 15) is 13.2 Å². The van der Waals surface area contributed by atoms with Gasteiger partial charge in [-0.15, -0.1) is 0 Å². The van der Waals surface area contributed by atoms with Gasteiger partial charge in [-0.3, -0.25) is 4.79 Å². The molecule has 0 aliphatic carbocycles. The first-order valence-electron chi connectivity index (χ1n) is 8.15. The summed E-state index contributed by atoms with van der Waals surface area (Å²) in [6.45, 7) is 6.55. The van der Waals surface area contributed by atoms with Gasteiger partial charge in [0.15, 0.2) is 0 Å². The minimum Gasteiger partial charge on any atom is -0.348 e. The highest BCUT2D eigenvalue weighted by molar-refractivity contribution is 7.89. The maximum absolute atomic E-state index is 12.1. The van der Waals surface area contributed by atoms with Gasteiger partial charge in [0.2, 0.25) is 10.0 Å². The monoisotopic (exact) mass is 351 g/mol. The molecule has 0 unspecified atom stereocenters. The van der Waals surface area contributed by atoms with E-state index in [4.69, 9.17) is 0 Å². The fourth-order valence-corrected chi connectivity index (χ4v) is 3.48. The number of nitrogens with one attached hydrogen (secondary N) is 3. The van der Waals surface area contributed by atoms with E-state index in [-0.39, 0.29) is 16.7 Å². The van der Waals surface area contributed by atoms with Crippen molar-refractivity contribution >= 4 is 15.9 Å². The summed E-state index contributed by atoms with van der Waals surface area (Å²) in [5, 5.41) is 6.09. The van der Waals surface area contributed by atoms with E-state index < -0.39 is 10.0 Å². The Hall–Kier alpha value is -1.70. The van der Waals surface area contributed by atoms with Crippen LogP contribution in [0.3, 0.4) is 0 Å². The summed E-state index contributed by atoms with van der Waals surface area (Å²) in [6, 6.07) is 5.99. The molecule has 1 aromatic carbocycles. The molecule has 0 fully saturated rings. The lowest BCUT2D eigenvalue weighted by molar-refractivity contribution is 0.0956. The highest BCUT2D eigenvalue weighted by atomic mass is 32.2. The third kappa shape index (κ3) is 5.43. The third-order valence-corrected chi connectivity index (χ3v) is 5.18. The van der Waals surface area contributed by atoms with Gasteiger partial charge in [-0.1, -0.05) is 25.5 Å². The molecule has 0 saturated carbocycles. The molecule has 1 aliphatic heterocycles. The Kier molecular flexibility index (Phi) is 6.53. The van der Waals surface area contributed by atoms with Crippen molar-refractivity contribution in [3.05, 3.63) is 41.5 Å². The van der Waals surface area contributed by atoms with Gasteiger partial charge in [-0.05, 0) is 43.1 Å². The molecular weight excluding hydrogens is 326 g/mol. The molecule has 2 rings (SSSR count). The molecule has 0 radical (unpaired) electrons. The van der Waals surface area contributed by atoms with Crippen molar-refractivity contribution in [1.82, 2.24) is 15.4 Å². The van der Waals surface area contributed by atoms with Gasteiger partial charge < -0.3 is 10.6 Å². The van der Waals surface area contributed by atoms with Crippen LogP contribution in [0, 0.1) is 5.92 Å². The minimum absolute atomic E-state index is 0.167. The Balaban J connectivity index is 1.95. The van der Waals surface area contributed by atoms with Gasteiger partial charge in [0.25, 0.3) is 5.91 Å². The zero-order valence-electron chi connectivity index (χ0n) is 14.1. The van der Waals surface area contributed by atoms with Crippen LogP contribution in [0.4, 0.5) is 0 Å². The van der Waals surface area contributed by atoms with Crippen LogP contribution in [-0.2, 0) is 10.0 Å². The second-order valence-electron chi connectivity index (χ2n) is 6.27. The summed E-state index contributed by atoms with van der Waals surface area (Å²) in [7, 11) is -3.52. The first-order chi connectivity index (χ1) is 11.4. The Morgan fingerprint density at radius 3 is 2.54 bits per heavy atom. The van der Waals surface area contributed by atoms with Gasteiger partial charge in [0.05, 0.1) is 4.90 Å². The second-order valence-corrected chi connectivity index (χ2v) is 8.04. The van der Waals surface area contributed by atoms with Gasteiger partial charge in [-0.25, -0.2) is 13.1 Å². The van der Waals surface area contributed by atoms with E-state index in [1.807, 2.05) is 13.8 Å². The van der Waals surface area contributed by atoms with Gasteiger partial charge in [0, 0.05) is 25.2 Å². The lowest BCUT2D eigenvalue weighted by Crippen LogP contribution is -2.30. The lowest BCUT2D eigenvalue weighted by atomic mass is 10.1. The number of benzene rings is 1. The van der Waals surface area contributed by atoms with E-state index in [1.165, 1.54) is 29.8 Å². The van der Waals surface area contributed by atoms with E-state index in [2.05, 4.69) is 21.4 Å². The summed E-state index contributed by atoms with van der Waals surface area (Å²) in [4.78, 5) is 12.3. The van der Waals surface area contributed by atoms with Crippen molar-refractivity contribution in [2.75, 3.05) is 26.2 Å². The Morgan fingerprint density at radius 2 is 1.96 bits per heavy atom. The predicted octanol–water partition coefficient (Wildman–Crippen LogP) is 1.27. The lowest BCUT2D eigenvalue weighted by Gasteiger charge is -2.14. The smallest absolute Gasteiger partial charge is 0.251 e. The average molecular weight is 351 g/mol. The van der Waals surface area contributed by atoms with Gasteiger partial charge >= 0.3 is 0 Å². The van der Waals surface area contributed by atoms with Crippen LogP contribution >= 0.6 is 0 Å². The highest BCUT2D eigenvalue weighted by Gasteiger charge is 2.15. The molecule has 0 spiro atoms. The summed E-state index contributed by atoms with van der Waals surface area (Å²) >= 11 is 0. The largest absolute Gasteiger partial charge is 0.348 e. The maximum atomic E-state index is 12.1. The van der Waals surface area contributed by atoms with Crippen molar-refractivity contribution in [2.24, 2.45) is 5.92 Å². The standard InChI is InChI=1S/C17H25N3O3S/c1-13(2)11-20-24(22,23)16-5-3-15(4-6-16)17(21)19-12-14-7-9-18-10-8-14/h3-7,13,18,20H,8-12H2,1-2H3,(H,19,21). The van der Waals surface area contributed by atoms with E-state index >= 15 is 0 Å². The number of carbonyl (C=O) groups is 1. The molecule has 7 heteroatoms. The molecular formula is C17H25N3O3S. The molecule has 0 bridgehead atoms. The zero-order valence-corrected chi connectivity index (χ0v) is 14.9. The number of carbonyl (C=O) groups excluding carboxylic acids is 1. The van der Waals surface area contributed by atoms with Crippen molar-refractivity contribution in [3.63, 3.8) is 0 Å². The Labute approximate surface area is 143 Å². The Bertz CT molecular complexity index is 694. The quantitative estimate of drug-likeness (QED) is 0.646. The van der Waals surface area contributed by atoms with Crippen LogP contribution in [0.1, 0.15) is 30.6 Å². The second kappa shape index (κ2) is 8.41. The SMILES string of the molecule is CC(C)CNS(=O)(=O)c1ccc(C(=O)NCC2=CCNCC2)cc1. The first kappa shape index (κ1) is 18.6. The Morgan fingerprint density at radius 1 is 1.25 bits per heavy atom. The van der Waals surface area contributed by atoms with E-state index in [1.54, 1.807) is 0 Å². The number of sulfonamides is 1. The number of hydrogen-bond donors (Lipinski definition) is 3. The predicted molar refractivity (Wildman–Crippen MR) is 94.4 cm³/mol. The fourth-order valence-electron chi connectivity index (χ4n) is 2.27. The number of rotatable bonds is 7. The molecule has 3 N–H and O–H groups in total. The average Bonchev–Trinajstić information content (AvgIpc) is 2.59. The molecule has 24 heavy (non-hydrogen) atoms. The highest BCUT2D eigenvalue weighted by Crippen LogP contribution is 2.11. The molecule has 132 valence electrons. The van der Waals surface area contributed by atoms with E-state index in [0.29, 0.717) is 18.7 Å². The maximum Gasteiger partial charge on any atom is 0.251 e. The van der Waals surface area contributed by atoms with Crippen LogP contribution in [0.25, 0.3) is 0 Å². The fraction of sp³-hybridized carbons (Fsp3) is 0.471. The summed E-state index contributed by atoms with van der Waals surface area (Å²) in [5.41, 5.74) is 1.66. The molecule has 0 aromatic heterocycles. The first-order valence-corrected chi connectivity index (χ1v) is 9.63. The van der Waals surface area contributed by atoms with Crippen LogP contribution in [-0.4, -0.2) is 40.5 Å². The van der Waals surface area contributed by atoms with Crippen molar-refractivity contribution < 1.29 is 13.2 Å².